The van der Waals surface area contributed by atoms with E-state index < -0.39 is 12.0 Å². The highest BCUT2D eigenvalue weighted by Gasteiger charge is 2.18. The van der Waals surface area contributed by atoms with E-state index in [4.69, 9.17) is 5.11 Å². The van der Waals surface area contributed by atoms with Crippen molar-refractivity contribution >= 4 is 11.9 Å². The first-order chi connectivity index (χ1) is 14.5. The SMILES string of the molecule is CCCCCCCCCC/C=C/CCCCC(=O)NCCCC[C@@H](C(=O)O)N(C)C. The van der Waals surface area contributed by atoms with Crippen LogP contribution in [0.5, 0.6) is 0 Å². The van der Waals surface area contributed by atoms with Crippen LogP contribution in [-0.4, -0.2) is 48.6 Å². The number of hydrogen-bond acceptors (Lipinski definition) is 3. The molecule has 1 atom stereocenters. The molecule has 0 aromatic rings. The molecule has 0 aliphatic carbocycles. The van der Waals surface area contributed by atoms with Gasteiger partial charge in [0.2, 0.25) is 5.91 Å². The Balaban J connectivity index is 3.43. The monoisotopic (exact) mass is 424 g/mol. The number of hydrogen-bond donors (Lipinski definition) is 2. The molecule has 0 aliphatic heterocycles. The van der Waals surface area contributed by atoms with Gasteiger partial charge < -0.3 is 10.4 Å². The molecule has 0 aromatic carbocycles. The van der Waals surface area contributed by atoms with Crippen molar-refractivity contribution in [2.24, 2.45) is 0 Å². The van der Waals surface area contributed by atoms with Crippen molar-refractivity contribution in [1.29, 1.82) is 0 Å². The third-order valence-electron chi connectivity index (χ3n) is 5.55. The first kappa shape index (κ1) is 28.6. The third-order valence-corrected chi connectivity index (χ3v) is 5.55. The number of likely N-dealkylation sites (N-methyl/N-ethyl adjacent to an activating group) is 1. The standard InChI is InChI=1S/C25H48N2O3/c1-4-5-6-7-8-9-10-11-12-13-14-15-16-17-21-24(28)26-22-19-18-20-23(25(29)30)27(2)3/h13-14,23H,4-12,15-22H2,1-3H3,(H,26,28)(H,29,30)/b14-13+/t23-/m0/s1. The lowest BCUT2D eigenvalue weighted by Gasteiger charge is -2.19. The van der Waals surface area contributed by atoms with Crippen LogP contribution in [0.25, 0.3) is 0 Å². The largest absolute Gasteiger partial charge is 0.480 e. The molecule has 0 saturated heterocycles. The van der Waals surface area contributed by atoms with Crippen LogP contribution in [0.3, 0.4) is 0 Å². The summed E-state index contributed by atoms with van der Waals surface area (Å²) in [5.41, 5.74) is 0. The number of carboxylic acids is 1. The van der Waals surface area contributed by atoms with Gasteiger partial charge in [-0.25, -0.2) is 0 Å². The maximum atomic E-state index is 11.8. The van der Waals surface area contributed by atoms with Gasteiger partial charge in [-0.1, -0.05) is 64.0 Å². The summed E-state index contributed by atoms with van der Waals surface area (Å²) in [5.74, 6) is -0.670. The summed E-state index contributed by atoms with van der Waals surface area (Å²) in [6, 6.07) is -0.440. The van der Waals surface area contributed by atoms with E-state index >= 15 is 0 Å². The van der Waals surface area contributed by atoms with E-state index in [1.165, 1.54) is 57.8 Å². The van der Waals surface area contributed by atoms with Crippen LogP contribution in [0, 0.1) is 0 Å². The first-order valence-corrected chi connectivity index (χ1v) is 12.3. The van der Waals surface area contributed by atoms with Gasteiger partial charge in [0.05, 0.1) is 0 Å². The Hall–Kier alpha value is -1.36. The molecule has 0 aliphatic rings. The molecule has 5 heteroatoms. The quantitative estimate of drug-likeness (QED) is 0.177. The highest BCUT2D eigenvalue weighted by Crippen LogP contribution is 2.10. The van der Waals surface area contributed by atoms with E-state index in [-0.39, 0.29) is 5.91 Å². The summed E-state index contributed by atoms with van der Waals surface area (Å²) in [6.07, 6.45) is 22.6. The maximum absolute atomic E-state index is 11.8. The average Bonchev–Trinajstić information content (AvgIpc) is 2.70. The summed E-state index contributed by atoms with van der Waals surface area (Å²) in [5, 5.41) is 12.1. The number of unbranched alkanes of at least 4 members (excludes halogenated alkanes) is 11. The number of nitrogens with zero attached hydrogens (tertiary/aromatic N) is 1. The zero-order chi connectivity index (χ0) is 22.5. The Kier molecular flexibility index (Phi) is 19.9. The van der Waals surface area contributed by atoms with Gasteiger partial charge in [-0.15, -0.1) is 0 Å². The third kappa shape index (κ3) is 18.7. The number of allylic oxidation sites excluding steroid dienone is 2. The molecule has 0 heterocycles. The average molecular weight is 425 g/mol. The minimum atomic E-state index is -0.782. The molecule has 0 aromatic heterocycles. The van der Waals surface area contributed by atoms with E-state index in [1.54, 1.807) is 19.0 Å². The fourth-order valence-electron chi connectivity index (χ4n) is 3.56. The lowest BCUT2D eigenvalue weighted by molar-refractivity contribution is -0.142. The Bertz CT molecular complexity index is 450. The molecule has 176 valence electrons. The summed E-state index contributed by atoms with van der Waals surface area (Å²) in [7, 11) is 3.57. The van der Waals surface area contributed by atoms with Crippen molar-refractivity contribution in [2.75, 3.05) is 20.6 Å². The molecule has 1 amide bonds. The molecule has 5 nitrogen and oxygen atoms in total. The predicted octanol–water partition coefficient (Wildman–Crippen LogP) is 5.94. The van der Waals surface area contributed by atoms with Crippen molar-refractivity contribution in [3.63, 3.8) is 0 Å². The first-order valence-electron chi connectivity index (χ1n) is 12.3. The molecule has 0 saturated carbocycles. The molecule has 0 unspecified atom stereocenters. The zero-order valence-corrected chi connectivity index (χ0v) is 20.0. The molecule has 2 N–H and O–H groups in total. The van der Waals surface area contributed by atoms with E-state index in [1.807, 2.05) is 0 Å². The Morgan fingerprint density at radius 1 is 0.833 bits per heavy atom. The number of aliphatic carboxylic acids is 1. The molecule has 0 rings (SSSR count). The number of rotatable bonds is 21. The minimum absolute atomic E-state index is 0.111. The number of carboxylic acid groups (broad SMARTS) is 1. The van der Waals surface area contributed by atoms with Crippen LogP contribution in [0.15, 0.2) is 12.2 Å². The summed E-state index contributed by atoms with van der Waals surface area (Å²) < 4.78 is 0. The topological polar surface area (TPSA) is 69.6 Å². The Morgan fingerprint density at radius 2 is 1.40 bits per heavy atom. The van der Waals surface area contributed by atoms with E-state index in [0.717, 1.165) is 32.1 Å². The minimum Gasteiger partial charge on any atom is -0.480 e. The fourth-order valence-corrected chi connectivity index (χ4v) is 3.56. The summed E-state index contributed by atoms with van der Waals surface area (Å²) >= 11 is 0. The van der Waals surface area contributed by atoms with Crippen LogP contribution in [0.1, 0.15) is 110 Å². The van der Waals surface area contributed by atoms with Crippen LogP contribution < -0.4 is 5.32 Å². The van der Waals surface area contributed by atoms with Gasteiger partial charge in [0.15, 0.2) is 0 Å². The van der Waals surface area contributed by atoms with E-state index in [2.05, 4.69) is 24.4 Å². The normalized spacial score (nSPS) is 12.5. The zero-order valence-electron chi connectivity index (χ0n) is 20.0. The van der Waals surface area contributed by atoms with Crippen LogP contribution >= 0.6 is 0 Å². The molecule has 30 heavy (non-hydrogen) atoms. The van der Waals surface area contributed by atoms with Crippen molar-refractivity contribution in [2.45, 2.75) is 116 Å². The second-order valence-corrected chi connectivity index (χ2v) is 8.64. The predicted molar refractivity (Wildman–Crippen MR) is 127 cm³/mol. The number of carbonyl (C=O) groups excluding carboxylic acids is 1. The molecular formula is C25H48N2O3. The molecule has 0 radical (unpaired) electrons. The lowest BCUT2D eigenvalue weighted by Crippen LogP contribution is -2.35. The highest BCUT2D eigenvalue weighted by molar-refractivity contribution is 5.75. The van der Waals surface area contributed by atoms with Crippen LogP contribution in [-0.2, 0) is 9.59 Å². The van der Waals surface area contributed by atoms with E-state index in [9.17, 15) is 9.59 Å². The number of carbonyl (C=O) groups is 2. The molecule has 0 fully saturated rings. The van der Waals surface area contributed by atoms with Crippen LogP contribution in [0.4, 0.5) is 0 Å². The van der Waals surface area contributed by atoms with Gasteiger partial charge in [-0.3, -0.25) is 14.5 Å². The number of amides is 1. The van der Waals surface area contributed by atoms with Gasteiger partial charge in [-0.2, -0.15) is 0 Å². The second kappa shape index (κ2) is 20.9. The van der Waals surface area contributed by atoms with Crippen molar-refractivity contribution in [3.8, 4) is 0 Å². The maximum Gasteiger partial charge on any atom is 0.320 e. The van der Waals surface area contributed by atoms with Crippen LogP contribution in [0.2, 0.25) is 0 Å². The molecule has 0 spiro atoms. The highest BCUT2D eigenvalue weighted by atomic mass is 16.4. The Labute approximate surface area is 185 Å². The van der Waals surface area contributed by atoms with Gasteiger partial charge >= 0.3 is 5.97 Å². The number of nitrogens with one attached hydrogen (secondary N) is 1. The van der Waals surface area contributed by atoms with Gasteiger partial charge in [-0.05, 0) is 65.5 Å². The van der Waals surface area contributed by atoms with Gasteiger partial charge in [0.25, 0.3) is 0 Å². The van der Waals surface area contributed by atoms with Gasteiger partial charge in [0.1, 0.15) is 6.04 Å². The second-order valence-electron chi connectivity index (χ2n) is 8.64. The summed E-state index contributed by atoms with van der Waals surface area (Å²) in [4.78, 5) is 24.7. The smallest absolute Gasteiger partial charge is 0.320 e. The fraction of sp³-hybridized carbons (Fsp3) is 0.840. The van der Waals surface area contributed by atoms with E-state index in [0.29, 0.717) is 19.4 Å². The molecule has 0 bridgehead atoms. The molecular weight excluding hydrogens is 376 g/mol. The van der Waals surface area contributed by atoms with Gasteiger partial charge in [0, 0.05) is 13.0 Å². The lowest BCUT2D eigenvalue weighted by atomic mass is 10.1. The van der Waals surface area contributed by atoms with Crippen molar-refractivity contribution in [1.82, 2.24) is 10.2 Å². The van der Waals surface area contributed by atoms with Crippen molar-refractivity contribution < 1.29 is 14.7 Å². The Morgan fingerprint density at radius 3 is 1.97 bits per heavy atom. The summed E-state index contributed by atoms with van der Waals surface area (Å²) in [6.45, 7) is 2.90. The van der Waals surface area contributed by atoms with Crippen molar-refractivity contribution in [3.05, 3.63) is 12.2 Å².